The van der Waals surface area contributed by atoms with E-state index in [0.29, 0.717) is 17.4 Å². The van der Waals surface area contributed by atoms with Crippen LogP contribution in [-0.2, 0) is 6.54 Å². The average Bonchev–Trinajstić information content (AvgIpc) is 2.66. The summed E-state index contributed by atoms with van der Waals surface area (Å²) in [6, 6.07) is 0.400. The first-order chi connectivity index (χ1) is 7.60. The van der Waals surface area contributed by atoms with Gasteiger partial charge in [-0.3, -0.25) is 0 Å². The van der Waals surface area contributed by atoms with Crippen LogP contribution in [-0.4, -0.2) is 22.0 Å². The van der Waals surface area contributed by atoms with E-state index < -0.39 is 0 Å². The first kappa shape index (κ1) is 11.6. The van der Waals surface area contributed by atoms with Crippen LogP contribution in [0.25, 0.3) is 0 Å². The maximum Gasteiger partial charge on any atom is 0.0759 e. The van der Waals surface area contributed by atoms with Crippen molar-refractivity contribution < 1.29 is 0 Å². The number of nitrogens with one attached hydrogen (secondary N) is 1. The van der Waals surface area contributed by atoms with Crippen molar-refractivity contribution in [2.24, 2.45) is 11.3 Å². The Balaban J connectivity index is 2.17. The van der Waals surface area contributed by atoms with E-state index in [1.165, 1.54) is 12.1 Å². The second kappa shape index (κ2) is 4.17. The molecule has 90 valence electrons. The summed E-state index contributed by atoms with van der Waals surface area (Å²) in [6.07, 6.45) is 4.29. The molecular formula is C12H22N4. The molecule has 4 heteroatoms. The zero-order valence-electron chi connectivity index (χ0n) is 10.7. The van der Waals surface area contributed by atoms with Crippen molar-refractivity contribution in [1.82, 2.24) is 20.3 Å². The lowest BCUT2D eigenvalue weighted by molar-refractivity contribution is 0.407. The van der Waals surface area contributed by atoms with Gasteiger partial charge in [-0.2, -0.15) is 0 Å². The van der Waals surface area contributed by atoms with E-state index in [4.69, 9.17) is 0 Å². The zero-order valence-corrected chi connectivity index (χ0v) is 10.7. The highest BCUT2D eigenvalue weighted by molar-refractivity contribution is 5.12. The van der Waals surface area contributed by atoms with Crippen molar-refractivity contribution in [1.29, 1.82) is 0 Å². The minimum atomic E-state index is 0.400. The van der Waals surface area contributed by atoms with Crippen molar-refractivity contribution in [3.8, 4) is 0 Å². The van der Waals surface area contributed by atoms with Crippen LogP contribution < -0.4 is 5.32 Å². The van der Waals surface area contributed by atoms with Gasteiger partial charge in [-0.15, -0.1) is 5.10 Å². The average molecular weight is 222 g/mol. The monoisotopic (exact) mass is 222 g/mol. The number of nitrogens with zero attached hydrogens (tertiary/aromatic N) is 3. The molecule has 1 aliphatic rings. The molecule has 0 spiro atoms. The third kappa shape index (κ3) is 1.98. The van der Waals surface area contributed by atoms with Crippen molar-refractivity contribution >= 4 is 0 Å². The predicted molar refractivity (Wildman–Crippen MR) is 64.0 cm³/mol. The van der Waals surface area contributed by atoms with Gasteiger partial charge >= 0.3 is 0 Å². The summed E-state index contributed by atoms with van der Waals surface area (Å²) in [5, 5.41) is 11.6. The Morgan fingerprint density at radius 2 is 2.31 bits per heavy atom. The number of rotatable bonds is 5. The second-order valence-electron chi connectivity index (χ2n) is 5.45. The molecule has 1 fully saturated rings. The molecule has 1 aromatic rings. The molecular weight excluding hydrogens is 200 g/mol. The van der Waals surface area contributed by atoms with Gasteiger partial charge in [0.15, 0.2) is 0 Å². The van der Waals surface area contributed by atoms with Crippen LogP contribution >= 0.6 is 0 Å². The smallest absolute Gasteiger partial charge is 0.0759 e. The summed E-state index contributed by atoms with van der Waals surface area (Å²) in [5.41, 5.74) is 1.70. The van der Waals surface area contributed by atoms with Crippen LogP contribution in [0.3, 0.4) is 0 Å². The lowest BCUT2D eigenvalue weighted by atomic mass is 10.0. The Labute approximate surface area is 97.4 Å². The summed E-state index contributed by atoms with van der Waals surface area (Å²) >= 11 is 0. The summed E-state index contributed by atoms with van der Waals surface area (Å²) in [6.45, 7) is 7.79. The molecule has 2 unspecified atom stereocenters. The molecule has 1 aliphatic carbocycles. The van der Waals surface area contributed by atoms with E-state index in [2.05, 4.69) is 36.4 Å². The first-order valence-corrected chi connectivity index (χ1v) is 6.15. The molecule has 2 atom stereocenters. The lowest BCUT2D eigenvalue weighted by Gasteiger charge is -2.18. The maximum absolute atomic E-state index is 4.16. The third-order valence-corrected chi connectivity index (χ3v) is 3.70. The molecule has 1 heterocycles. The van der Waals surface area contributed by atoms with Gasteiger partial charge in [0.2, 0.25) is 0 Å². The van der Waals surface area contributed by atoms with E-state index in [0.717, 1.165) is 13.0 Å². The minimum absolute atomic E-state index is 0.400. The summed E-state index contributed by atoms with van der Waals surface area (Å²) in [7, 11) is 2.03. The first-order valence-electron chi connectivity index (χ1n) is 6.15. The van der Waals surface area contributed by atoms with Crippen LogP contribution in [0.5, 0.6) is 0 Å². The van der Waals surface area contributed by atoms with Gasteiger partial charge in [-0.05, 0) is 31.2 Å². The fourth-order valence-corrected chi connectivity index (χ4v) is 2.52. The number of hydrogen-bond donors (Lipinski definition) is 1. The summed E-state index contributed by atoms with van der Waals surface area (Å²) in [4.78, 5) is 0. The predicted octanol–water partition coefficient (Wildman–Crippen LogP) is 1.99. The zero-order chi connectivity index (χ0) is 11.8. The highest BCUT2D eigenvalue weighted by Crippen LogP contribution is 2.57. The fourth-order valence-electron chi connectivity index (χ4n) is 2.52. The Morgan fingerprint density at radius 3 is 2.81 bits per heavy atom. The molecule has 0 radical (unpaired) electrons. The van der Waals surface area contributed by atoms with E-state index in [9.17, 15) is 0 Å². The Bertz CT molecular complexity index is 356. The van der Waals surface area contributed by atoms with Crippen molar-refractivity contribution in [3.05, 3.63) is 11.9 Å². The van der Waals surface area contributed by atoms with Gasteiger partial charge in [-0.1, -0.05) is 26.0 Å². The quantitative estimate of drug-likeness (QED) is 0.828. The SMILES string of the molecule is CCCn1nncc1C(NC)C1CC1(C)C. The summed E-state index contributed by atoms with van der Waals surface area (Å²) in [5.74, 6) is 0.714. The van der Waals surface area contributed by atoms with E-state index in [1.54, 1.807) is 0 Å². The van der Waals surface area contributed by atoms with Crippen LogP contribution in [0.2, 0.25) is 0 Å². The van der Waals surface area contributed by atoms with Gasteiger partial charge in [-0.25, -0.2) is 4.68 Å². The van der Waals surface area contributed by atoms with E-state index in [-0.39, 0.29) is 0 Å². The number of aromatic nitrogens is 3. The normalized spacial score (nSPS) is 24.4. The van der Waals surface area contributed by atoms with Gasteiger partial charge < -0.3 is 5.32 Å². The highest BCUT2D eigenvalue weighted by atomic mass is 15.4. The second-order valence-corrected chi connectivity index (χ2v) is 5.45. The highest BCUT2D eigenvalue weighted by Gasteiger charge is 2.50. The van der Waals surface area contributed by atoms with Gasteiger partial charge in [0, 0.05) is 6.54 Å². The van der Waals surface area contributed by atoms with Gasteiger partial charge in [0.25, 0.3) is 0 Å². The number of hydrogen-bond acceptors (Lipinski definition) is 3. The molecule has 0 saturated heterocycles. The number of aryl methyl sites for hydroxylation is 1. The maximum atomic E-state index is 4.16. The van der Waals surface area contributed by atoms with Crippen LogP contribution in [0.1, 0.15) is 45.3 Å². The van der Waals surface area contributed by atoms with E-state index >= 15 is 0 Å². The van der Waals surface area contributed by atoms with Crippen LogP contribution in [0, 0.1) is 11.3 Å². The molecule has 0 amide bonds. The Kier molecular flexibility index (Phi) is 3.02. The van der Waals surface area contributed by atoms with Crippen molar-refractivity contribution in [2.75, 3.05) is 7.05 Å². The molecule has 2 rings (SSSR count). The molecule has 1 aromatic heterocycles. The Morgan fingerprint density at radius 1 is 1.62 bits per heavy atom. The van der Waals surface area contributed by atoms with Gasteiger partial charge in [0.1, 0.15) is 0 Å². The Hall–Kier alpha value is -0.900. The molecule has 0 aromatic carbocycles. The molecule has 16 heavy (non-hydrogen) atoms. The third-order valence-electron chi connectivity index (χ3n) is 3.70. The molecule has 4 nitrogen and oxygen atoms in total. The lowest BCUT2D eigenvalue weighted by Crippen LogP contribution is -2.24. The molecule has 0 aliphatic heterocycles. The van der Waals surface area contributed by atoms with Crippen molar-refractivity contribution in [3.63, 3.8) is 0 Å². The molecule has 0 bridgehead atoms. The van der Waals surface area contributed by atoms with Crippen molar-refractivity contribution in [2.45, 2.75) is 46.2 Å². The largest absolute Gasteiger partial charge is 0.311 e. The fraction of sp³-hybridized carbons (Fsp3) is 0.833. The minimum Gasteiger partial charge on any atom is -0.311 e. The van der Waals surface area contributed by atoms with E-state index in [1.807, 2.05) is 17.9 Å². The van der Waals surface area contributed by atoms with Gasteiger partial charge in [0.05, 0.1) is 17.9 Å². The standard InChI is InChI=1S/C12H22N4/c1-5-6-16-10(8-14-15-16)11(13-4)9-7-12(9,2)3/h8-9,11,13H,5-7H2,1-4H3. The summed E-state index contributed by atoms with van der Waals surface area (Å²) < 4.78 is 2.04. The van der Waals surface area contributed by atoms with Crippen LogP contribution in [0.15, 0.2) is 6.20 Å². The van der Waals surface area contributed by atoms with Crippen LogP contribution in [0.4, 0.5) is 0 Å². The molecule has 1 N–H and O–H groups in total. The topological polar surface area (TPSA) is 42.7 Å². The molecule has 1 saturated carbocycles.